The second-order valence-corrected chi connectivity index (χ2v) is 1.58. The minimum atomic E-state index is -0.157. The van der Waals surface area contributed by atoms with Crippen LogP contribution in [-0.4, -0.2) is 24.4 Å². The zero-order valence-electron chi connectivity index (χ0n) is 3.72. The molecule has 0 amide bonds. The Balaban J connectivity index is 2.09. The molecule has 1 aliphatic carbocycles. The van der Waals surface area contributed by atoms with Crippen LogP contribution in [-0.2, 0) is 4.74 Å². The van der Waals surface area contributed by atoms with Gasteiger partial charge < -0.3 is 9.84 Å². The van der Waals surface area contributed by atoms with Crippen LogP contribution < -0.4 is 0 Å². The molecule has 2 heteroatoms. The summed E-state index contributed by atoms with van der Waals surface area (Å²) in [6.45, 7) is 0. The topological polar surface area (TPSA) is 29.5 Å². The van der Waals surface area contributed by atoms with Gasteiger partial charge in [0.1, 0.15) is 0 Å². The van der Waals surface area contributed by atoms with Crippen molar-refractivity contribution in [2.45, 2.75) is 18.6 Å². The third-order valence-corrected chi connectivity index (χ3v) is 1.00. The lowest BCUT2D eigenvalue weighted by atomic mass is 10.8. The van der Waals surface area contributed by atoms with Crippen molar-refractivity contribution in [3.63, 3.8) is 0 Å². The molecule has 0 spiro atoms. The van der Waals surface area contributed by atoms with Crippen LogP contribution in [0, 0.1) is 0 Å². The molecule has 0 aromatic rings. The average molecular weight is 88.1 g/mol. The molecule has 36 valence electrons. The van der Waals surface area contributed by atoms with E-state index in [0.717, 1.165) is 6.42 Å². The summed E-state index contributed by atoms with van der Waals surface area (Å²) in [5.74, 6) is 0. The summed E-state index contributed by atoms with van der Waals surface area (Å²) in [6, 6.07) is 0. The molecule has 0 heterocycles. The van der Waals surface area contributed by atoms with Crippen LogP contribution in [0.2, 0.25) is 0 Å². The average Bonchev–Trinajstić information content (AvgIpc) is 2.19. The molecular formula is C4H8O2. The van der Waals surface area contributed by atoms with Gasteiger partial charge in [0.2, 0.25) is 0 Å². The summed E-state index contributed by atoms with van der Waals surface area (Å²) in [7, 11) is 1.61. The molecular weight excluding hydrogens is 80.0 g/mol. The van der Waals surface area contributed by atoms with E-state index in [0.29, 0.717) is 0 Å². The van der Waals surface area contributed by atoms with Gasteiger partial charge in [-0.2, -0.15) is 0 Å². The van der Waals surface area contributed by atoms with Gasteiger partial charge in [0, 0.05) is 13.5 Å². The normalized spacial score (nSPS) is 43.0. The lowest BCUT2D eigenvalue weighted by molar-refractivity contribution is 0.128. The highest BCUT2D eigenvalue weighted by Crippen LogP contribution is 2.22. The van der Waals surface area contributed by atoms with Crippen molar-refractivity contribution in [3.8, 4) is 0 Å². The molecule has 0 saturated heterocycles. The molecule has 1 saturated carbocycles. The van der Waals surface area contributed by atoms with E-state index in [1.54, 1.807) is 7.11 Å². The van der Waals surface area contributed by atoms with Crippen LogP contribution in [0.15, 0.2) is 0 Å². The monoisotopic (exact) mass is 88.1 g/mol. The van der Waals surface area contributed by atoms with Gasteiger partial charge in [0.25, 0.3) is 0 Å². The Kier molecular flexibility index (Phi) is 0.821. The molecule has 6 heavy (non-hydrogen) atoms. The molecule has 0 aromatic carbocycles. The Labute approximate surface area is 36.7 Å². The first-order chi connectivity index (χ1) is 2.84. The third-order valence-electron chi connectivity index (χ3n) is 1.00. The minimum Gasteiger partial charge on any atom is -0.390 e. The number of aliphatic hydroxyl groups excluding tert-OH is 1. The highest BCUT2D eigenvalue weighted by Gasteiger charge is 2.34. The van der Waals surface area contributed by atoms with Gasteiger partial charge in [-0.1, -0.05) is 0 Å². The summed E-state index contributed by atoms with van der Waals surface area (Å²) >= 11 is 0. The first-order valence-corrected chi connectivity index (χ1v) is 2.05. The third kappa shape index (κ3) is 0.533. The maximum Gasteiger partial charge on any atom is 0.0856 e. The highest BCUT2D eigenvalue weighted by atomic mass is 16.5. The fourth-order valence-electron chi connectivity index (χ4n) is 0.413. The largest absolute Gasteiger partial charge is 0.390 e. The van der Waals surface area contributed by atoms with E-state index in [1.165, 1.54) is 0 Å². The molecule has 1 aliphatic rings. The fourth-order valence-corrected chi connectivity index (χ4v) is 0.413. The Hall–Kier alpha value is -0.0800. The van der Waals surface area contributed by atoms with Gasteiger partial charge in [0.15, 0.2) is 0 Å². The van der Waals surface area contributed by atoms with E-state index in [-0.39, 0.29) is 12.2 Å². The summed E-state index contributed by atoms with van der Waals surface area (Å²) in [5.41, 5.74) is 0. The number of ether oxygens (including phenoxy) is 1. The standard InChI is InChI=1S/C4H8O2/c1-6-4-2-3(4)5/h3-5H,2H2,1H3/t3-,4-/m1/s1. The summed E-state index contributed by atoms with van der Waals surface area (Å²) in [6.07, 6.45) is 0.830. The van der Waals surface area contributed by atoms with Crippen molar-refractivity contribution in [1.29, 1.82) is 0 Å². The molecule has 1 rings (SSSR count). The van der Waals surface area contributed by atoms with E-state index >= 15 is 0 Å². The van der Waals surface area contributed by atoms with Crippen molar-refractivity contribution in [1.82, 2.24) is 0 Å². The van der Waals surface area contributed by atoms with E-state index < -0.39 is 0 Å². The fraction of sp³-hybridized carbons (Fsp3) is 1.00. The maximum atomic E-state index is 8.50. The summed E-state index contributed by atoms with van der Waals surface area (Å²) in [4.78, 5) is 0. The quantitative estimate of drug-likeness (QED) is 0.479. The van der Waals surface area contributed by atoms with Crippen LogP contribution in [0.4, 0.5) is 0 Å². The first-order valence-electron chi connectivity index (χ1n) is 2.05. The first kappa shape index (κ1) is 4.09. The van der Waals surface area contributed by atoms with Crippen molar-refractivity contribution < 1.29 is 9.84 Å². The molecule has 1 fully saturated rings. The molecule has 0 unspecified atom stereocenters. The zero-order valence-corrected chi connectivity index (χ0v) is 3.72. The Bertz CT molecular complexity index is 51.5. The van der Waals surface area contributed by atoms with Crippen molar-refractivity contribution in [2.24, 2.45) is 0 Å². The van der Waals surface area contributed by atoms with Gasteiger partial charge >= 0.3 is 0 Å². The van der Waals surface area contributed by atoms with Crippen LogP contribution in [0.5, 0.6) is 0 Å². The van der Waals surface area contributed by atoms with Gasteiger partial charge in [-0.05, 0) is 0 Å². The minimum absolute atomic E-state index is 0.157. The van der Waals surface area contributed by atoms with Gasteiger partial charge in [-0.3, -0.25) is 0 Å². The van der Waals surface area contributed by atoms with E-state index in [1.807, 2.05) is 0 Å². The summed E-state index contributed by atoms with van der Waals surface area (Å²) in [5, 5.41) is 8.50. The number of methoxy groups -OCH3 is 1. The molecule has 0 aromatic heterocycles. The Morgan fingerprint density at radius 2 is 2.33 bits per heavy atom. The molecule has 0 radical (unpaired) electrons. The Morgan fingerprint density at radius 1 is 1.83 bits per heavy atom. The predicted octanol–water partition coefficient (Wildman–Crippen LogP) is -0.234. The number of rotatable bonds is 1. The van der Waals surface area contributed by atoms with E-state index in [9.17, 15) is 0 Å². The SMILES string of the molecule is CO[C@@H]1C[C@H]1O. The number of hydrogen-bond acceptors (Lipinski definition) is 2. The van der Waals surface area contributed by atoms with Crippen molar-refractivity contribution in [3.05, 3.63) is 0 Å². The summed E-state index contributed by atoms with van der Waals surface area (Å²) < 4.78 is 4.72. The zero-order chi connectivity index (χ0) is 4.57. The van der Waals surface area contributed by atoms with Crippen LogP contribution >= 0.6 is 0 Å². The lowest BCUT2D eigenvalue weighted by Crippen LogP contribution is -1.92. The predicted molar refractivity (Wildman–Crippen MR) is 21.4 cm³/mol. The van der Waals surface area contributed by atoms with Gasteiger partial charge in [-0.25, -0.2) is 0 Å². The number of aliphatic hydroxyl groups is 1. The van der Waals surface area contributed by atoms with Gasteiger partial charge in [0.05, 0.1) is 12.2 Å². The molecule has 2 atom stereocenters. The van der Waals surface area contributed by atoms with Crippen LogP contribution in [0.25, 0.3) is 0 Å². The van der Waals surface area contributed by atoms with Crippen LogP contribution in [0.3, 0.4) is 0 Å². The van der Waals surface area contributed by atoms with Crippen molar-refractivity contribution in [2.75, 3.05) is 7.11 Å². The Morgan fingerprint density at radius 3 is 2.33 bits per heavy atom. The molecule has 0 aliphatic heterocycles. The molecule has 1 N–H and O–H groups in total. The molecule has 2 nitrogen and oxygen atoms in total. The van der Waals surface area contributed by atoms with Crippen molar-refractivity contribution >= 4 is 0 Å². The highest BCUT2D eigenvalue weighted by molar-refractivity contribution is 4.86. The van der Waals surface area contributed by atoms with E-state index in [2.05, 4.69) is 0 Å². The van der Waals surface area contributed by atoms with Gasteiger partial charge in [-0.15, -0.1) is 0 Å². The smallest absolute Gasteiger partial charge is 0.0856 e. The van der Waals surface area contributed by atoms with E-state index in [4.69, 9.17) is 9.84 Å². The molecule has 0 bridgehead atoms. The number of hydrogen-bond donors (Lipinski definition) is 1. The maximum absolute atomic E-state index is 8.50. The second kappa shape index (κ2) is 1.21. The second-order valence-electron chi connectivity index (χ2n) is 1.58. The van der Waals surface area contributed by atoms with Crippen LogP contribution in [0.1, 0.15) is 6.42 Å². The lowest BCUT2D eigenvalue weighted by Gasteiger charge is -1.84.